The minimum absolute atomic E-state index is 0.0853. The fourth-order valence-corrected chi connectivity index (χ4v) is 5.49. The second-order valence-corrected chi connectivity index (χ2v) is 8.49. The van der Waals surface area contributed by atoms with E-state index in [0.29, 0.717) is 12.8 Å². The maximum Gasteiger partial charge on any atom is 0.236 e. The van der Waals surface area contributed by atoms with Gasteiger partial charge >= 0.3 is 0 Å². The highest BCUT2D eigenvalue weighted by atomic mass is 32.2. The minimum atomic E-state index is -3.39. The van der Waals surface area contributed by atoms with E-state index in [1.165, 1.54) is 10.2 Å². The van der Waals surface area contributed by atoms with Crippen molar-refractivity contribution < 1.29 is 8.42 Å². The Labute approximate surface area is 136 Å². The van der Waals surface area contributed by atoms with Crippen LogP contribution in [0.5, 0.6) is 0 Å². The van der Waals surface area contributed by atoms with Crippen LogP contribution in [0.25, 0.3) is 10.9 Å². The topological polar surface area (TPSA) is 74.9 Å². The third-order valence-electron chi connectivity index (χ3n) is 5.32. The normalized spacial score (nSPS) is 27.2. The first-order valence-electron chi connectivity index (χ1n) is 7.95. The van der Waals surface area contributed by atoms with Crippen LogP contribution in [0.1, 0.15) is 36.6 Å². The van der Waals surface area contributed by atoms with Crippen LogP contribution >= 0.6 is 0 Å². The van der Waals surface area contributed by atoms with Crippen molar-refractivity contribution in [3.63, 3.8) is 0 Å². The first-order valence-corrected chi connectivity index (χ1v) is 9.80. The number of hydrogen-bond acceptors (Lipinski definition) is 4. The molecule has 2 heterocycles. The predicted octanol–water partition coefficient (Wildman–Crippen LogP) is 2.33. The number of aromatic nitrogens is 1. The van der Waals surface area contributed by atoms with Gasteiger partial charge in [0, 0.05) is 16.6 Å². The van der Waals surface area contributed by atoms with Crippen LogP contribution in [-0.2, 0) is 16.4 Å². The van der Waals surface area contributed by atoms with Crippen molar-refractivity contribution in [1.82, 2.24) is 9.29 Å². The number of piperidine rings is 1. The summed E-state index contributed by atoms with van der Waals surface area (Å²) >= 11 is 0. The molecule has 0 radical (unpaired) electrons. The maximum atomic E-state index is 12.4. The molecule has 2 unspecified atom stereocenters. The molecule has 1 fully saturated rings. The average Bonchev–Trinajstić information content (AvgIpc) is 2.89. The van der Waals surface area contributed by atoms with E-state index in [-0.39, 0.29) is 6.04 Å². The first-order chi connectivity index (χ1) is 11.0. The molecule has 2 aromatic rings. The molecule has 1 aliphatic heterocycles. The fourth-order valence-electron chi connectivity index (χ4n) is 4.38. The lowest BCUT2D eigenvalue weighted by Gasteiger charge is -2.43. The molecule has 4 rings (SSSR count). The molecule has 0 bridgehead atoms. The summed E-state index contributed by atoms with van der Waals surface area (Å²) in [7, 11) is -3.39. The second kappa shape index (κ2) is 4.83. The molecule has 5 nitrogen and oxygen atoms in total. The van der Waals surface area contributed by atoms with Gasteiger partial charge in [-0.3, -0.25) is 0 Å². The molecule has 1 saturated heterocycles. The number of nitrogens with one attached hydrogen (secondary N) is 1. The molecular weight excluding hydrogens is 310 g/mol. The number of para-hydroxylation sites is 1. The van der Waals surface area contributed by atoms with Gasteiger partial charge in [-0.15, -0.1) is 0 Å². The molecule has 1 N–H and O–H groups in total. The second-order valence-electron chi connectivity index (χ2n) is 6.66. The quantitative estimate of drug-likeness (QED) is 0.871. The first kappa shape index (κ1) is 14.7. The van der Waals surface area contributed by atoms with E-state index < -0.39 is 15.4 Å². The highest BCUT2D eigenvalue weighted by Gasteiger charge is 2.47. The fraction of sp³-hybridized carbons (Fsp3) is 0.471. The highest BCUT2D eigenvalue weighted by Crippen LogP contribution is 2.51. The standard InChI is InChI=1S/C17H19N3O2S/c1-23(21,22)20-13-6-3-2-5-12(13)15-14(20)7-9-17(11-18)8-4-10-19-16(15)17/h2-3,5-6,16,19H,4,7-10H2,1H3. The van der Waals surface area contributed by atoms with Crippen LogP contribution in [-0.4, -0.2) is 25.2 Å². The van der Waals surface area contributed by atoms with Gasteiger partial charge in [-0.05, 0) is 38.3 Å². The van der Waals surface area contributed by atoms with Crippen molar-refractivity contribution in [1.29, 1.82) is 5.26 Å². The van der Waals surface area contributed by atoms with E-state index in [1.807, 2.05) is 24.3 Å². The molecule has 1 aliphatic carbocycles. The Morgan fingerprint density at radius 2 is 2.13 bits per heavy atom. The van der Waals surface area contributed by atoms with E-state index in [0.717, 1.165) is 41.5 Å². The minimum Gasteiger partial charge on any atom is -0.309 e. The van der Waals surface area contributed by atoms with Gasteiger partial charge in [0.2, 0.25) is 10.0 Å². The molecule has 120 valence electrons. The van der Waals surface area contributed by atoms with E-state index >= 15 is 0 Å². The molecular formula is C17H19N3O2S. The molecule has 23 heavy (non-hydrogen) atoms. The summed E-state index contributed by atoms with van der Waals surface area (Å²) in [5.41, 5.74) is 2.16. The smallest absolute Gasteiger partial charge is 0.236 e. The Balaban J connectivity index is 2.08. The number of hydrogen-bond donors (Lipinski definition) is 1. The Bertz CT molecular complexity index is 939. The monoisotopic (exact) mass is 329 g/mol. The molecule has 2 atom stereocenters. The van der Waals surface area contributed by atoms with E-state index in [2.05, 4.69) is 11.4 Å². The Hall–Kier alpha value is -1.84. The van der Waals surface area contributed by atoms with Crippen molar-refractivity contribution in [2.24, 2.45) is 5.41 Å². The lowest BCUT2D eigenvalue weighted by Crippen LogP contribution is -2.45. The maximum absolute atomic E-state index is 12.4. The van der Waals surface area contributed by atoms with Crippen LogP contribution in [0.4, 0.5) is 0 Å². The Morgan fingerprint density at radius 1 is 1.35 bits per heavy atom. The van der Waals surface area contributed by atoms with Gasteiger partial charge in [-0.2, -0.15) is 5.26 Å². The average molecular weight is 329 g/mol. The third-order valence-corrected chi connectivity index (χ3v) is 6.40. The zero-order chi connectivity index (χ0) is 16.2. The van der Waals surface area contributed by atoms with Crippen molar-refractivity contribution >= 4 is 20.9 Å². The van der Waals surface area contributed by atoms with Gasteiger partial charge in [0.1, 0.15) is 0 Å². The van der Waals surface area contributed by atoms with Gasteiger partial charge in [0.05, 0.1) is 29.3 Å². The highest BCUT2D eigenvalue weighted by molar-refractivity contribution is 7.89. The lowest BCUT2D eigenvalue weighted by molar-refractivity contribution is 0.176. The summed E-state index contributed by atoms with van der Waals surface area (Å²) in [5, 5.41) is 14.3. The van der Waals surface area contributed by atoms with Gasteiger partial charge in [0.15, 0.2) is 0 Å². The summed E-state index contributed by atoms with van der Waals surface area (Å²) in [6.07, 6.45) is 4.45. The lowest BCUT2D eigenvalue weighted by atomic mass is 9.65. The number of rotatable bonds is 1. The van der Waals surface area contributed by atoms with Gasteiger partial charge < -0.3 is 5.32 Å². The summed E-state index contributed by atoms with van der Waals surface area (Å²) < 4.78 is 26.2. The van der Waals surface area contributed by atoms with Crippen molar-refractivity contribution in [3.05, 3.63) is 35.5 Å². The molecule has 1 aromatic heterocycles. The predicted molar refractivity (Wildman–Crippen MR) is 88.5 cm³/mol. The zero-order valence-electron chi connectivity index (χ0n) is 13.0. The molecule has 0 saturated carbocycles. The zero-order valence-corrected chi connectivity index (χ0v) is 13.9. The molecule has 2 aliphatic rings. The van der Waals surface area contributed by atoms with Crippen LogP contribution in [0, 0.1) is 16.7 Å². The number of nitrogens with zero attached hydrogens (tertiary/aromatic N) is 2. The van der Waals surface area contributed by atoms with Crippen LogP contribution in [0.2, 0.25) is 0 Å². The van der Waals surface area contributed by atoms with Crippen molar-refractivity contribution in [2.75, 3.05) is 12.8 Å². The van der Waals surface area contributed by atoms with Crippen molar-refractivity contribution in [3.8, 4) is 6.07 Å². The van der Waals surface area contributed by atoms with Crippen LogP contribution in [0.15, 0.2) is 24.3 Å². The largest absolute Gasteiger partial charge is 0.309 e. The van der Waals surface area contributed by atoms with Gasteiger partial charge in [-0.1, -0.05) is 18.2 Å². The van der Waals surface area contributed by atoms with E-state index in [4.69, 9.17) is 0 Å². The van der Waals surface area contributed by atoms with Crippen molar-refractivity contribution in [2.45, 2.75) is 31.7 Å². The Morgan fingerprint density at radius 3 is 2.87 bits per heavy atom. The number of nitriles is 1. The Kier molecular flexibility index (Phi) is 3.09. The molecule has 0 spiro atoms. The summed E-state index contributed by atoms with van der Waals surface area (Å²) in [6, 6.07) is 10.1. The van der Waals surface area contributed by atoms with Crippen LogP contribution < -0.4 is 5.32 Å². The number of benzene rings is 1. The SMILES string of the molecule is CS(=O)(=O)n1c2c(c3ccccc31)C1NCCCC1(C#N)CC2. The summed E-state index contributed by atoms with van der Waals surface area (Å²) in [5.74, 6) is 0. The molecule has 6 heteroatoms. The van der Waals surface area contributed by atoms with E-state index in [1.54, 1.807) is 0 Å². The van der Waals surface area contributed by atoms with Gasteiger partial charge in [0.25, 0.3) is 0 Å². The van der Waals surface area contributed by atoms with E-state index in [9.17, 15) is 13.7 Å². The summed E-state index contributed by atoms with van der Waals surface area (Å²) in [6.45, 7) is 0.867. The van der Waals surface area contributed by atoms with Crippen LogP contribution in [0.3, 0.4) is 0 Å². The molecule has 1 aromatic carbocycles. The summed E-state index contributed by atoms with van der Waals surface area (Å²) in [4.78, 5) is 0. The molecule has 0 amide bonds. The van der Waals surface area contributed by atoms with Gasteiger partial charge in [-0.25, -0.2) is 12.4 Å². The third kappa shape index (κ3) is 1.97. The number of fused-ring (bicyclic) bond motifs is 5.